The van der Waals surface area contributed by atoms with Crippen molar-refractivity contribution in [2.75, 3.05) is 118 Å². The number of nitriles is 4. The molecule has 0 aliphatic carbocycles. The summed E-state index contributed by atoms with van der Waals surface area (Å²) in [4.78, 5) is 24.4. The second kappa shape index (κ2) is 16.6. The van der Waals surface area contributed by atoms with Crippen LogP contribution in [0.3, 0.4) is 0 Å². The minimum absolute atomic E-state index is 0.0370. The van der Waals surface area contributed by atoms with Crippen LogP contribution in [-0.2, 0) is 0 Å². The molecule has 0 saturated carbocycles. The number of nitrogens with zero attached hydrogens (tertiary/aromatic N) is 10. The van der Waals surface area contributed by atoms with Crippen molar-refractivity contribution in [2.24, 2.45) is 0 Å². The molecule has 12 nitrogen and oxygen atoms in total. The van der Waals surface area contributed by atoms with Gasteiger partial charge in [-0.1, -0.05) is 0 Å². The molecule has 1 N–H and O–H groups in total. The number of carbonyl (C=O) groups is 1. The number of carbonyl (C=O) groups excluding carboxylic acids is 1. The van der Waals surface area contributed by atoms with Crippen LogP contribution in [0.2, 0.25) is 0 Å². The van der Waals surface area contributed by atoms with Crippen LogP contribution in [0.5, 0.6) is 0 Å². The van der Waals surface area contributed by atoms with Gasteiger partial charge in [-0.3, -0.25) is 24.5 Å². The minimum atomic E-state index is 0.0370. The van der Waals surface area contributed by atoms with Crippen molar-refractivity contribution in [3.05, 3.63) is 0 Å². The fraction of sp³-hybridized carbons (Fsp3) is 0.783. The summed E-state index contributed by atoms with van der Waals surface area (Å²) in [5, 5.41) is 38.9. The zero-order valence-corrected chi connectivity index (χ0v) is 20.6. The van der Waals surface area contributed by atoms with Crippen LogP contribution >= 0.6 is 0 Å². The number of urea groups is 1. The highest BCUT2D eigenvalue weighted by atomic mass is 16.2. The van der Waals surface area contributed by atoms with Gasteiger partial charge in [-0.2, -0.15) is 21.0 Å². The number of hydrogen-bond donors (Lipinski definition) is 1. The topological polar surface area (TPSA) is 144 Å². The van der Waals surface area contributed by atoms with E-state index in [4.69, 9.17) is 21.0 Å². The van der Waals surface area contributed by atoms with Crippen molar-refractivity contribution in [2.45, 2.75) is 0 Å². The highest BCUT2D eigenvalue weighted by molar-refractivity contribution is 5.76. The summed E-state index contributed by atoms with van der Waals surface area (Å²) in [6, 6.07) is 8.50. The van der Waals surface area contributed by atoms with E-state index in [-0.39, 0.29) is 32.2 Å². The summed E-state index contributed by atoms with van der Waals surface area (Å²) in [7, 11) is 0. The molecule has 2 aliphatic heterocycles. The Kier molecular flexibility index (Phi) is 13.4. The van der Waals surface area contributed by atoms with Crippen LogP contribution in [0.4, 0.5) is 4.79 Å². The molecule has 2 heterocycles. The van der Waals surface area contributed by atoms with Gasteiger partial charge in [0.05, 0.1) is 50.5 Å². The lowest BCUT2D eigenvalue weighted by Crippen LogP contribution is -2.51. The maximum atomic E-state index is 11.7. The first kappa shape index (κ1) is 28.3. The Morgan fingerprint density at radius 3 is 1.51 bits per heavy atom. The molecule has 0 radical (unpaired) electrons. The normalized spacial score (nSPS) is 16.8. The molecule has 0 unspecified atom stereocenters. The van der Waals surface area contributed by atoms with Crippen LogP contribution in [0.25, 0.3) is 0 Å². The Labute approximate surface area is 209 Å². The predicted molar refractivity (Wildman–Crippen MR) is 130 cm³/mol. The van der Waals surface area contributed by atoms with Crippen molar-refractivity contribution < 1.29 is 4.79 Å². The van der Waals surface area contributed by atoms with Gasteiger partial charge in [-0.25, -0.2) is 4.79 Å². The molecular formula is C23H37N11O. The SMILES string of the molecule is N#CCN(CC#N)CCN(CCN(CC#N)CC#N)CCN1CCN(CCN2CCNC2=O)CC1. The van der Waals surface area contributed by atoms with E-state index >= 15 is 0 Å². The van der Waals surface area contributed by atoms with Crippen molar-refractivity contribution >= 4 is 6.03 Å². The Hall–Kier alpha value is -2.97. The lowest BCUT2D eigenvalue weighted by molar-refractivity contribution is 0.108. The smallest absolute Gasteiger partial charge is 0.317 e. The fourth-order valence-corrected chi connectivity index (χ4v) is 4.24. The summed E-state index contributed by atoms with van der Waals surface area (Å²) in [5.74, 6) is 0. The molecule has 2 amide bonds. The third kappa shape index (κ3) is 10.9. The van der Waals surface area contributed by atoms with E-state index < -0.39 is 0 Å². The largest absolute Gasteiger partial charge is 0.336 e. The van der Waals surface area contributed by atoms with E-state index in [0.717, 1.165) is 65.4 Å². The van der Waals surface area contributed by atoms with Gasteiger partial charge in [0.25, 0.3) is 0 Å². The summed E-state index contributed by atoms with van der Waals surface area (Å²) in [5.41, 5.74) is 0. The molecular weight excluding hydrogens is 446 g/mol. The third-order valence-corrected chi connectivity index (χ3v) is 6.47. The van der Waals surface area contributed by atoms with Crippen LogP contribution in [0.15, 0.2) is 0 Å². The Morgan fingerprint density at radius 1 is 0.629 bits per heavy atom. The van der Waals surface area contributed by atoms with Gasteiger partial charge >= 0.3 is 6.03 Å². The first-order chi connectivity index (χ1) is 17.1. The Bertz CT molecular complexity index is 728. The lowest BCUT2D eigenvalue weighted by Gasteiger charge is -2.36. The second-order valence-corrected chi connectivity index (χ2v) is 8.80. The van der Waals surface area contributed by atoms with Crippen molar-refractivity contribution in [1.82, 2.24) is 34.7 Å². The zero-order chi connectivity index (χ0) is 25.3. The molecule has 2 rings (SSSR count). The van der Waals surface area contributed by atoms with Crippen LogP contribution in [0.1, 0.15) is 0 Å². The number of rotatable bonds is 16. The van der Waals surface area contributed by atoms with Gasteiger partial charge in [0.15, 0.2) is 0 Å². The van der Waals surface area contributed by atoms with E-state index in [1.165, 1.54) is 0 Å². The molecule has 2 aliphatic rings. The Balaban J connectivity index is 1.79. The maximum absolute atomic E-state index is 11.7. The summed E-state index contributed by atoms with van der Waals surface area (Å²) in [6.07, 6.45) is 0. The van der Waals surface area contributed by atoms with Crippen molar-refractivity contribution in [3.63, 3.8) is 0 Å². The van der Waals surface area contributed by atoms with Crippen LogP contribution in [-0.4, -0.2) is 153 Å². The lowest BCUT2D eigenvalue weighted by atomic mass is 10.3. The van der Waals surface area contributed by atoms with Gasteiger partial charge < -0.3 is 10.2 Å². The molecule has 12 heteroatoms. The van der Waals surface area contributed by atoms with Gasteiger partial charge in [-0.05, 0) is 0 Å². The van der Waals surface area contributed by atoms with Gasteiger partial charge in [0, 0.05) is 91.6 Å². The van der Waals surface area contributed by atoms with Gasteiger partial charge in [0.1, 0.15) is 0 Å². The van der Waals surface area contributed by atoms with Crippen LogP contribution < -0.4 is 5.32 Å². The average Bonchev–Trinajstić information content (AvgIpc) is 3.27. The molecule has 0 aromatic heterocycles. The number of nitrogens with one attached hydrogen (secondary N) is 1. The molecule has 0 aromatic carbocycles. The van der Waals surface area contributed by atoms with Gasteiger partial charge in [0.2, 0.25) is 0 Å². The molecule has 0 atom stereocenters. The zero-order valence-electron chi connectivity index (χ0n) is 20.6. The summed E-state index contributed by atoms with van der Waals surface area (Å²) in [6.45, 7) is 12.4. The van der Waals surface area contributed by atoms with Gasteiger partial charge in [-0.15, -0.1) is 0 Å². The molecule has 190 valence electrons. The summed E-state index contributed by atoms with van der Waals surface area (Å²) >= 11 is 0. The first-order valence-corrected chi connectivity index (χ1v) is 12.2. The standard InChI is InChI=1S/C23H37N11O/c24-1-6-29(7-2-25)11-13-31(14-12-30(8-3-26)9-4-27)15-16-32-17-19-33(20-18-32)21-22-34-10-5-28-23(34)35/h5-22H2,(H,28,35). The average molecular weight is 484 g/mol. The van der Waals surface area contributed by atoms with Crippen molar-refractivity contribution in [1.29, 1.82) is 21.0 Å². The number of piperazine rings is 1. The maximum Gasteiger partial charge on any atom is 0.317 e. The Morgan fingerprint density at radius 2 is 1.09 bits per heavy atom. The molecule has 0 spiro atoms. The molecule has 35 heavy (non-hydrogen) atoms. The van der Waals surface area contributed by atoms with Crippen LogP contribution in [0, 0.1) is 45.3 Å². The molecule has 0 aromatic rings. The third-order valence-electron chi connectivity index (χ3n) is 6.47. The number of amides is 2. The predicted octanol–water partition coefficient (Wildman–Crippen LogP) is -1.37. The quantitative estimate of drug-likeness (QED) is 0.261. The highest BCUT2D eigenvalue weighted by Gasteiger charge is 2.22. The highest BCUT2D eigenvalue weighted by Crippen LogP contribution is 2.05. The summed E-state index contributed by atoms with van der Waals surface area (Å²) < 4.78 is 0. The van der Waals surface area contributed by atoms with Crippen molar-refractivity contribution in [3.8, 4) is 24.3 Å². The molecule has 2 saturated heterocycles. The monoisotopic (exact) mass is 483 g/mol. The fourth-order valence-electron chi connectivity index (χ4n) is 4.24. The van der Waals surface area contributed by atoms with E-state index in [0.29, 0.717) is 26.2 Å². The second-order valence-electron chi connectivity index (χ2n) is 8.80. The molecule has 0 bridgehead atoms. The van der Waals surface area contributed by atoms with E-state index in [1.54, 1.807) is 0 Å². The van der Waals surface area contributed by atoms with E-state index in [9.17, 15) is 4.79 Å². The first-order valence-electron chi connectivity index (χ1n) is 12.2. The van der Waals surface area contributed by atoms with E-state index in [1.807, 2.05) is 14.7 Å². The molecule has 2 fully saturated rings. The number of hydrogen-bond acceptors (Lipinski definition) is 10. The van der Waals surface area contributed by atoms with E-state index in [2.05, 4.69) is 44.3 Å². The minimum Gasteiger partial charge on any atom is -0.336 e.